The van der Waals surface area contributed by atoms with Gasteiger partial charge in [-0.25, -0.2) is 0 Å². The maximum atomic E-state index is 5.90. The van der Waals surface area contributed by atoms with Gasteiger partial charge in [0, 0.05) is 30.6 Å². The van der Waals surface area contributed by atoms with Gasteiger partial charge in [0.05, 0.1) is 17.4 Å². The Balaban J connectivity index is 2.07. The molecular weight excluding hydrogens is 274 g/mol. The molecule has 5 heteroatoms. The fraction of sp³-hybridized carbons (Fsp3) is 0.333. The lowest BCUT2D eigenvalue weighted by molar-refractivity contribution is 0.464. The summed E-state index contributed by atoms with van der Waals surface area (Å²) in [6.45, 7) is 6.05. The highest BCUT2D eigenvalue weighted by atomic mass is 35.5. The summed E-state index contributed by atoms with van der Waals surface area (Å²) >= 11 is 5.90. The molecule has 1 N–H and O–H groups in total. The summed E-state index contributed by atoms with van der Waals surface area (Å²) in [5, 5.41) is 3.94. The molecule has 0 fully saturated rings. The molecule has 2 aromatic heterocycles. The van der Waals surface area contributed by atoms with Gasteiger partial charge in [-0.1, -0.05) is 25.4 Å². The molecule has 0 spiro atoms. The molecule has 20 heavy (non-hydrogen) atoms. The van der Waals surface area contributed by atoms with Crippen molar-refractivity contribution in [1.82, 2.24) is 15.3 Å². The van der Waals surface area contributed by atoms with Gasteiger partial charge in [-0.05, 0) is 18.5 Å². The van der Waals surface area contributed by atoms with Gasteiger partial charge in [-0.3, -0.25) is 9.97 Å². The van der Waals surface area contributed by atoms with E-state index >= 15 is 0 Å². The Labute approximate surface area is 124 Å². The average molecular weight is 292 g/mol. The molecule has 0 saturated heterocycles. The molecule has 2 heterocycles. The lowest BCUT2D eigenvalue weighted by Gasteiger charge is -2.12. The first-order valence-electron chi connectivity index (χ1n) is 6.57. The Morgan fingerprint density at radius 1 is 1.25 bits per heavy atom. The number of hydrogen-bond acceptors (Lipinski definition) is 4. The van der Waals surface area contributed by atoms with Crippen LogP contribution in [-0.4, -0.2) is 16.5 Å². The number of ether oxygens (including phenoxy) is 1. The summed E-state index contributed by atoms with van der Waals surface area (Å²) in [5.41, 5.74) is 1.06. The molecular formula is C15H18ClN3O. The van der Waals surface area contributed by atoms with E-state index in [0.717, 1.165) is 18.7 Å². The van der Waals surface area contributed by atoms with Gasteiger partial charge < -0.3 is 10.1 Å². The Hall–Kier alpha value is -1.65. The fourth-order valence-corrected chi connectivity index (χ4v) is 1.88. The predicted octanol–water partition coefficient (Wildman–Crippen LogP) is 3.67. The van der Waals surface area contributed by atoms with Crippen LogP contribution in [0.1, 0.15) is 19.4 Å². The first-order valence-corrected chi connectivity index (χ1v) is 6.95. The number of pyridine rings is 2. The van der Waals surface area contributed by atoms with Crippen molar-refractivity contribution in [1.29, 1.82) is 0 Å². The Morgan fingerprint density at radius 3 is 2.85 bits per heavy atom. The lowest BCUT2D eigenvalue weighted by atomic mass is 10.2. The van der Waals surface area contributed by atoms with E-state index in [1.165, 1.54) is 0 Å². The number of aromatic nitrogens is 2. The molecule has 0 aromatic carbocycles. The van der Waals surface area contributed by atoms with Crippen molar-refractivity contribution in [2.45, 2.75) is 20.4 Å². The zero-order chi connectivity index (χ0) is 14.4. The SMILES string of the molecule is CC(C)CNCc1ccncc1Oc1cncc(Cl)c1. The minimum atomic E-state index is 0.547. The van der Waals surface area contributed by atoms with E-state index in [-0.39, 0.29) is 0 Å². The van der Waals surface area contributed by atoms with Crippen molar-refractivity contribution in [2.24, 2.45) is 5.92 Å². The summed E-state index contributed by atoms with van der Waals surface area (Å²) in [6, 6.07) is 3.67. The first kappa shape index (κ1) is 14.8. The third-order valence-corrected chi connectivity index (χ3v) is 2.85. The number of hydrogen-bond donors (Lipinski definition) is 1. The van der Waals surface area contributed by atoms with Crippen LogP contribution in [0.25, 0.3) is 0 Å². The summed E-state index contributed by atoms with van der Waals surface area (Å²) in [6.07, 6.45) is 6.66. The smallest absolute Gasteiger partial charge is 0.150 e. The van der Waals surface area contributed by atoms with Gasteiger partial charge in [0.1, 0.15) is 11.5 Å². The van der Waals surface area contributed by atoms with Gasteiger partial charge in [0.15, 0.2) is 0 Å². The van der Waals surface area contributed by atoms with Crippen LogP contribution in [0.3, 0.4) is 0 Å². The van der Waals surface area contributed by atoms with Crippen LogP contribution in [0.15, 0.2) is 36.9 Å². The number of nitrogens with zero attached hydrogens (tertiary/aromatic N) is 2. The van der Waals surface area contributed by atoms with E-state index in [4.69, 9.17) is 16.3 Å². The summed E-state index contributed by atoms with van der Waals surface area (Å²) in [7, 11) is 0. The molecule has 0 radical (unpaired) electrons. The highest BCUT2D eigenvalue weighted by Crippen LogP contribution is 2.25. The number of halogens is 1. The van der Waals surface area contributed by atoms with E-state index in [1.807, 2.05) is 6.07 Å². The second-order valence-electron chi connectivity index (χ2n) is 4.95. The lowest BCUT2D eigenvalue weighted by Crippen LogP contribution is -2.19. The zero-order valence-electron chi connectivity index (χ0n) is 11.6. The highest BCUT2D eigenvalue weighted by molar-refractivity contribution is 6.30. The third-order valence-electron chi connectivity index (χ3n) is 2.65. The molecule has 0 bridgehead atoms. The molecule has 2 aromatic rings. The van der Waals surface area contributed by atoms with E-state index in [1.54, 1.807) is 30.9 Å². The van der Waals surface area contributed by atoms with Crippen LogP contribution in [-0.2, 0) is 6.54 Å². The predicted molar refractivity (Wildman–Crippen MR) is 80.1 cm³/mol. The number of rotatable bonds is 6. The van der Waals surface area contributed by atoms with Crippen molar-refractivity contribution in [3.63, 3.8) is 0 Å². The molecule has 0 saturated carbocycles. The van der Waals surface area contributed by atoms with Crippen LogP contribution in [0, 0.1) is 5.92 Å². The van der Waals surface area contributed by atoms with Crippen LogP contribution < -0.4 is 10.1 Å². The van der Waals surface area contributed by atoms with Crippen molar-refractivity contribution < 1.29 is 4.74 Å². The summed E-state index contributed by atoms with van der Waals surface area (Å²) in [4.78, 5) is 8.10. The van der Waals surface area contributed by atoms with Crippen LogP contribution >= 0.6 is 11.6 Å². The molecule has 0 atom stereocenters. The second kappa shape index (κ2) is 7.22. The number of nitrogens with one attached hydrogen (secondary N) is 1. The van der Waals surface area contributed by atoms with Gasteiger partial charge in [-0.15, -0.1) is 0 Å². The minimum Gasteiger partial charge on any atom is -0.454 e. The second-order valence-corrected chi connectivity index (χ2v) is 5.39. The van der Waals surface area contributed by atoms with E-state index < -0.39 is 0 Å². The van der Waals surface area contributed by atoms with Crippen LogP contribution in [0.4, 0.5) is 0 Å². The van der Waals surface area contributed by atoms with Gasteiger partial charge in [0.25, 0.3) is 0 Å². The van der Waals surface area contributed by atoms with Crippen molar-refractivity contribution in [3.05, 3.63) is 47.5 Å². The molecule has 0 unspecified atom stereocenters. The van der Waals surface area contributed by atoms with Crippen molar-refractivity contribution in [2.75, 3.05) is 6.54 Å². The van der Waals surface area contributed by atoms with E-state index in [2.05, 4.69) is 29.1 Å². The maximum Gasteiger partial charge on any atom is 0.150 e. The molecule has 0 aliphatic rings. The average Bonchev–Trinajstić information content (AvgIpc) is 2.40. The molecule has 106 valence electrons. The highest BCUT2D eigenvalue weighted by Gasteiger charge is 2.06. The molecule has 4 nitrogen and oxygen atoms in total. The van der Waals surface area contributed by atoms with Crippen molar-refractivity contribution >= 4 is 11.6 Å². The van der Waals surface area contributed by atoms with E-state index in [0.29, 0.717) is 22.4 Å². The Kier molecular flexibility index (Phi) is 5.32. The van der Waals surface area contributed by atoms with Crippen LogP contribution in [0.2, 0.25) is 5.02 Å². The van der Waals surface area contributed by atoms with Crippen LogP contribution in [0.5, 0.6) is 11.5 Å². The largest absolute Gasteiger partial charge is 0.454 e. The fourth-order valence-electron chi connectivity index (χ4n) is 1.72. The quantitative estimate of drug-likeness (QED) is 0.882. The monoisotopic (exact) mass is 291 g/mol. The first-order chi connectivity index (χ1) is 9.65. The van der Waals surface area contributed by atoms with Gasteiger partial charge in [-0.2, -0.15) is 0 Å². The third kappa shape index (κ3) is 4.47. The topological polar surface area (TPSA) is 47.0 Å². The molecule has 0 aliphatic heterocycles. The molecule has 0 amide bonds. The van der Waals surface area contributed by atoms with Gasteiger partial charge >= 0.3 is 0 Å². The Morgan fingerprint density at radius 2 is 2.10 bits per heavy atom. The normalized spacial score (nSPS) is 10.8. The zero-order valence-corrected chi connectivity index (χ0v) is 12.4. The molecule has 2 rings (SSSR count). The molecule has 0 aliphatic carbocycles. The van der Waals surface area contributed by atoms with Gasteiger partial charge in [0.2, 0.25) is 0 Å². The summed E-state index contributed by atoms with van der Waals surface area (Å²) < 4.78 is 5.80. The Bertz CT molecular complexity index is 560. The summed E-state index contributed by atoms with van der Waals surface area (Å²) in [5.74, 6) is 1.93. The van der Waals surface area contributed by atoms with E-state index in [9.17, 15) is 0 Å². The standard InChI is InChI=1S/C15H18ClN3O/c1-11(2)6-18-7-12-3-4-17-10-15(12)20-14-5-13(16)8-19-9-14/h3-5,8-11,18H,6-7H2,1-2H3. The maximum absolute atomic E-state index is 5.90. The van der Waals surface area contributed by atoms with Crippen molar-refractivity contribution in [3.8, 4) is 11.5 Å². The minimum absolute atomic E-state index is 0.547.